The molecule has 0 heterocycles. The molecule has 5 nitrogen and oxygen atoms in total. The molecule has 110 valence electrons. The Bertz CT molecular complexity index is 303. The minimum atomic E-state index is -0.699. The SMILES string of the molecule is CCOC1CC(NCCOC(N)=O)C12CCCCC2. The van der Waals surface area contributed by atoms with Crippen molar-refractivity contribution in [1.82, 2.24) is 5.32 Å². The van der Waals surface area contributed by atoms with Crippen molar-refractivity contribution >= 4 is 6.09 Å². The summed E-state index contributed by atoms with van der Waals surface area (Å²) in [6, 6.07) is 0.501. The van der Waals surface area contributed by atoms with Crippen LogP contribution in [0, 0.1) is 5.41 Å². The lowest BCUT2D eigenvalue weighted by Gasteiger charge is -2.58. The van der Waals surface area contributed by atoms with Gasteiger partial charge in [0.15, 0.2) is 0 Å². The van der Waals surface area contributed by atoms with Gasteiger partial charge in [-0.2, -0.15) is 0 Å². The van der Waals surface area contributed by atoms with E-state index < -0.39 is 6.09 Å². The van der Waals surface area contributed by atoms with Gasteiger partial charge in [-0.15, -0.1) is 0 Å². The molecule has 1 spiro atoms. The fourth-order valence-electron chi connectivity index (χ4n) is 3.73. The number of amides is 1. The molecular weight excluding hydrogens is 244 g/mol. The van der Waals surface area contributed by atoms with E-state index >= 15 is 0 Å². The Morgan fingerprint density at radius 1 is 1.37 bits per heavy atom. The van der Waals surface area contributed by atoms with Gasteiger partial charge in [0.1, 0.15) is 6.61 Å². The Balaban J connectivity index is 1.81. The molecule has 2 unspecified atom stereocenters. The molecule has 2 aliphatic rings. The Morgan fingerprint density at radius 2 is 2.11 bits per heavy atom. The number of ether oxygens (including phenoxy) is 2. The summed E-state index contributed by atoms with van der Waals surface area (Å²) in [4.78, 5) is 10.5. The number of carbonyl (C=O) groups is 1. The van der Waals surface area contributed by atoms with E-state index in [1.165, 1.54) is 32.1 Å². The fourth-order valence-corrected chi connectivity index (χ4v) is 3.73. The van der Waals surface area contributed by atoms with E-state index in [0.717, 1.165) is 13.0 Å². The maximum absolute atomic E-state index is 10.5. The first-order valence-electron chi connectivity index (χ1n) is 7.46. The van der Waals surface area contributed by atoms with Gasteiger partial charge in [0.2, 0.25) is 0 Å². The largest absolute Gasteiger partial charge is 0.448 e. The predicted molar refractivity (Wildman–Crippen MR) is 72.9 cm³/mol. The number of primary amides is 1. The summed E-state index contributed by atoms with van der Waals surface area (Å²) in [7, 11) is 0. The zero-order valence-electron chi connectivity index (χ0n) is 11.8. The van der Waals surface area contributed by atoms with Crippen molar-refractivity contribution in [2.75, 3.05) is 19.8 Å². The van der Waals surface area contributed by atoms with Crippen LogP contribution in [0.15, 0.2) is 0 Å². The molecule has 3 N–H and O–H groups in total. The third-order valence-electron chi connectivity index (χ3n) is 4.67. The van der Waals surface area contributed by atoms with Gasteiger partial charge < -0.3 is 20.5 Å². The molecule has 1 amide bonds. The molecule has 0 radical (unpaired) electrons. The van der Waals surface area contributed by atoms with E-state index in [1.807, 2.05) is 0 Å². The molecule has 2 fully saturated rings. The highest BCUT2D eigenvalue weighted by Gasteiger charge is 2.55. The van der Waals surface area contributed by atoms with Gasteiger partial charge in [-0.25, -0.2) is 4.79 Å². The van der Waals surface area contributed by atoms with Crippen LogP contribution in [0.3, 0.4) is 0 Å². The van der Waals surface area contributed by atoms with Crippen molar-refractivity contribution in [1.29, 1.82) is 0 Å². The van der Waals surface area contributed by atoms with Gasteiger partial charge in [-0.1, -0.05) is 19.3 Å². The van der Waals surface area contributed by atoms with E-state index in [-0.39, 0.29) is 0 Å². The third kappa shape index (κ3) is 3.20. The van der Waals surface area contributed by atoms with E-state index in [9.17, 15) is 4.79 Å². The van der Waals surface area contributed by atoms with Crippen molar-refractivity contribution in [3.63, 3.8) is 0 Å². The van der Waals surface area contributed by atoms with Crippen LogP contribution >= 0.6 is 0 Å². The predicted octanol–water partition coefficient (Wildman–Crippen LogP) is 1.80. The average molecular weight is 270 g/mol. The Morgan fingerprint density at radius 3 is 2.74 bits per heavy atom. The smallest absolute Gasteiger partial charge is 0.404 e. The summed E-state index contributed by atoms with van der Waals surface area (Å²) < 4.78 is 10.7. The maximum Gasteiger partial charge on any atom is 0.404 e. The Hall–Kier alpha value is -0.810. The number of rotatable bonds is 6. The molecule has 0 bridgehead atoms. The van der Waals surface area contributed by atoms with Crippen LogP contribution in [0.25, 0.3) is 0 Å². The van der Waals surface area contributed by atoms with E-state index in [4.69, 9.17) is 15.2 Å². The third-order valence-corrected chi connectivity index (χ3v) is 4.67. The first kappa shape index (κ1) is 14.6. The second-order valence-electron chi connectivity index (χ2n) is 5.65. The molecule has 2 rings (SSSR count). The maximum atomic E-state index is 10.5. The summed E-state index contributed by atoms with van der Waals surface area (Å²) in [5.74, 6) is 0. The lowest BCUT2D eigenvalue weighted by atomic mass is 9.55. The second-order valence-corrected chi connectivity index (χ2v) is 5.65. The van der Waals surface area contributed by atoms with Crippen molar-refractivity contribution in [2.24, 2.45) is 11.1 Å². The lowest BCUT2D eigenvalue weighted by molar-refractivity contribution is -0.150. The molecule has 2 aliphatic carbocycles. The van der Waals surface area contributed by atoms with Gasteiger partial charge in [0.05, 0.1) is 6.10 Å². The number of carbonyl (C=O) groups excluding carboxylic acids is 1. The number of hydrogen-bond acceptors (Lipinski definition) is 4. The molecular formula is C14H26N2O3. The molecule has 2 saturated carbocycles. The van der Waals surface area contributed by atoms with E-state index in [1.54, 1.807) is 0 Å². The topological polar surface area (TPSA) is 73.6 Å². The number of nitrogens with one attached hydrogen (secondary N) is 1. The van der Waals surface area contributed by atoms with Crippen LogP contribution in [0.4, 0.5) is 4.79 Å². The highest BCUT2D eigenvalue weighted by molar-refractivity contribution is 5.64. The lowest BCUT2D eigenvalue weighted by Crippen LogP contribution is -2.64. The van der Waals surface area contributed by atoms with Crippen LogP contribution in [0.2, 0.25) is 0 Å². The van der Waals surface area contributed by atoms with Crippen LogP contribution < -0.4 is 11.1 Å². The zero-order valence-corrected chi connectivity index (χ0v) is 11.8. The van der Waals surface area contributed by atoms with Crippen LogP contribution in [0.1, 0.15) is 45.4 Å². The summed E-state index contributed by atoms with van der Waals surface area (Å²) in [5.41, 5.74) is 5.27. The van der Waals surface area contributed by atoms with Crippen LogP contribution in [0.5, 0.6) is 0 Å². The molecule has 0 aliphatic heterocycles. The van der Waals surface area contributed by atoms with Gasteiger partial charge in [-0.05, 0) is 26.2 Å². The molecule has 0 aromatic rings. The average Bonchev–Trinajstić information content (AvgIpc) is 2.41. The highest BCUT2D eigenvalue weighted by Crippen LogP contribution is 2.53. The van der Waals surface area contributed by atoms with Gasteiger partial charge in [-0.3, -0.25) is 0 Å². The molecule has 0 aromatic carbocycles. The molecule has 0 saturated heterocycles. The molecule has 2 atom stereocenters. The van der Waals surface area contributed by atoms with Crippen molar-refractivity contribution in [3.8, 4) is 0 Å². The minimum Gasteiger partial charge on any atom is -0.448 e. The van der Waals surface area contributed by atoms with Crippen LogP contribution in [-0.2, 0) is 9.47 Å². The van der Waals surface area contributed by atoms with E-state index in [0.29, 0.717) is 30.7 Å². The first-order valence-corrected chi connectivity index (χ1v) is 7.46. The molecule has 0 aromatic heterocycles. The first-order chi connectivity index (χ1) is 9.19. The van der Waals surface area contributed by atoms with Gasteiger partial charge in [0.25, 0.3) is 0 Å². The van der Waals surface area contributed by atoms with Crippen LogP contribution in [-0.4, -0.2) is 38.0 Å². The summed E-state index contributed by atoms with van der Waals surface area (Å²) in [6.07, 6.45) is 7.25. The Kier molecular flexibility index (Phi) is 5.05. The monoisotopic (exact) mass is 270 g/mol. The standard InChI is InChI=1S/C14H26N2O3/c1-2-18-12-10-11(16-8-9-19-13(15)17)14(12)6-4-3-5-7-14/h11-12,16H,2-10H2,1H3,(H2,15,17). The normalized spacial score (nSPS) is 28.9. The fraction of sp³-hybridized carbons (Fsp3) is 0.929. The minimum absolute atomic E-state index is 0.320. The second kappa shape index (κ2) is 6.57. The summed E-state index contributed by atoms with van der Waals surface area (Å²) in [6.45, 7) is 3.89. The highest BCUT2D eigenvalue weighted by atomic mass is 16.5. The quantitative estimate of drug-likeness (QED) is 0.722. The molecule has 19 heavy (non-hydrogen) atoms. The Labute approximate surface area is 115 Å². The zero-order chi connectivity index (χ0) is 13.7. The number of nitrogens with two attached hydrogens (primary N) is 1. The molecule has 5 heteroatoms. The van der Waals surface area contributed by atoms with Gasteiger partial charge in [0, 0.05) is 24.6 Å². The van der Waals surface area contributed by atoms with Gasteiger partial charge >= 0.3 is 6.09 Å². The van der Waals surface area contributed by atoms with Crippen molar-refractivity contribution < 1.29 is 14.3 Å². The van der Waals surface area contributed by atoms with E-state index in [2.05, 4.69) is 12.2 Å². The number of hydrogen-bond donors (Lipinski definition) is 2. The van der Waals surface area contributed by atoms with Crippen molar-refractivity contribution in [3.05, 3.63) is 0 Å². The summed E-state index contributed by atoms with van der Waals surface area (Å²) >= 11 is 0. The van der Waals surface area contributed by atoms with Crippen molar-refractivity contribution in [2.45, 2.75) is 57.6 Å². The summed E-state index contributed by atoms with van der Waals surface area (Å²) in [5, 5.41) is 3.51.